The summed E-state index contributed by atoms with van der Waals surface area (Å²) in [6.45, 7) is 1.70. The number of hydrogen-bond acceptors (Lipinski definition) is 7. The predicted octanol–water partition coefficient (Wildman–Crippen LogP) is 5.67. The Balaban J connectivity index is 1.45. The Morgan fingerprint density at radius 2 is 1.58 bits per heavy atom. The number of esters is 1. The molecule has 0 saturated heterocycles. The van der Waals surface area contributed by atoms with Gasteiger partial charge in [-0.25, -0.2) is 9.78 Å². The summed E-state index contributed by atoms with van der Waals surface area (Å²) in [7, 11) is 0. The zero-order valence-corrected chi connectivity index (χ0v) is 20.9. The summed E-state index contributed by atoms with van der Waals surface area (Å²) in [4.78, 5) is 44.1. The zero-order chi connectivity index (χ0) is 25.1. The number of fused-ring (bicyclic) bond motifs is 1. The number of benzene rings is 2. The molecule has 0 unspecified atom stereocenters. The first-order chi connectivity index (χ1) is 17.6. The monoisotopic (exact) mass is 515 g/mol. The van der Waals surface area contributed by atoms with Crippen molar-refractivity contribution in [3.8, 4) is 22.3 Å². The Hall–Kier alpha value is -4.08. The summed E-state index contributed by atoms with van der Waals surface area (Å²) in [5, 5.41) is 7.37. The van der Waals surface area contributed by atoms with Crippen molar-refractivity contribution in [2.75, 3.05) is 11.9 Å². The maximum atomic E-state index is 13.3. The first kappa shape index (κ1) is 23.7. The van der Waals surface area contributed by atoms with E-state index in [0.717, 1.165) is 16.7 Å². The minimum absolute atomic E-state index is 0.210. The number of aromatic nitrogens is 2. The van der Waals surface area contributed by atoms with Crippen molar-refractivity contribution < 1.29 is 14.3 Å². The van der Waals surface area contributed by atoms with Crippen LogP contribution in [-0.4, -0.2) is 28.0 Å². The Kier molecular flexibility index (Phi) is 6.75. The van der Waals surface area contributed by atoms with Crippen LogP contribution in [0, 0.1) is 0 Å². The van der Waals surface area contributed by atoms with Crippen LogP contribution in [-0.2, 0) is 16.1 Å². The lowest BCUT2D eigenvalue weighted by Crippen LogP contribution is -2.28. The second-order valence-corrected chi connectivity index (χ2v) is 9.60. The number of rotatable bonds is 7. The topological polar surface area (TPSA) is 90.3 Å². The van der Waals surface area contributed by atoms with E-state index in [1.807, 2.05) is 71.4 Å². The van der Waals surface area contributed by atoms with Crippen LogP contribution < -0.4 is 10.9 Å². The van der Waals surface area contributed by atoms with Gasteiger partial charge in [0.05, 0.1) is 18.3 Å². The molecule has 5 aromatic rings. The van der Waals surface area contributed by atoms with Crippen LogP contribution in [0.25, 0.3) is 32.5 Å². The smallest absolute Gasteiger partial charge is 0.341 e. The zero-order valence-electron chi connectivity index (χ0n) is 19.3. The maximum Gasteiger partial charge on any atom is 0.341 e. The molecule has 36 heavy (non-hydrogen) atoms. The number of nitrogens with zero attached hydrogens (tertiary/aromatic N) is 2. The fraction of sp³-hybridized carbons (Fsp3) is 0.111. The molecule has 0 radical (unpaired) electrons. The molecule has 0 aliphatic carbocycles. The van der Waals surface area contributed by atoms with Crippen LogP contribution >= 0.6 is 22.7 Å². The fourth-order valence-electron chi connectivity index (χ4n) is 3.92. The average Bonchev–Trinajstić information content (AvgIpc) is 3.52. The number of carbonyl (C=O) groups excluding carboxylic acids is 2. The van der Waals surface area contributed by atoms with E-state index in [1.165, 1.54) is 33.6 Å². The van der Waals surface area contributed by atoms with Gasteiger partial charge in [0.2, 0.25) is 5.91 Å². The lowest BCUT2D eigenvalue weighted by Gasteiger charge is -2.10. The predicted molar refractivity (Wildman–Crippen MR) is 144 cm³/mol. The van der Waals surface area contributed by atoms with E-state index in [9.17, 15) is 14.4 Å². The van der Waals surface area contributed by atoms with Crippen LogP contribution in [0.4, 0.5) is 5.00 Å². The van der Waals surface area contributed by atoms with E-state index in [2.05, 4.69) is 10.3 Å². The quantitative estimate of drug-likeness (QED) is 0.282. The highest BCUT2D eigenvalue weighted by Crippen LogP contribution is 2.36. The second-order valence-electron chi connectivity index (χ2n) is 7.86. The first-order valence-electron chi connectivity index (χ1n) is 11.2. The molecular formula is C27H21N3O4S2. The molecule has 5 rings (SSSR count). The van der Waals surface area contributed by atoms with Crippen molar-refractivity contribution in [1.29, 1.82) is 0 Å². The third-order valence-electron chi connectivity index (χ3n) is 5.57. The largest absolute Gasteiger partial charge is 0.462 e. The number of hydrogen-bond donors (Lipinski definition) is 1. The van der Waals surface area contributed by atoms with E-state index in [0.29, 0.717) is 26.3 Å². The third kappa shape index (κ3) is 4.58. The van der Waals surface area contributed by atoms with Crippen LogP contribution in [0.2, 0.25) is 0 Å². The molecule has 0 aliphatic rings. The van der Waals surface area contributed by atoms with Gasteiger partial charge in [0.1, 0.15) is 21.9 Å². The van der Waals surface area contributed by atoms with Crippen LogP contribution in [0.5, 0.6) is 0 Å². The van der Waals surface area contributed by atoms with E-state index in [4.69, 9.17) is 4.74 Å². The minimum atomic E-state index is -0.515. The molecular weight excluding hydrogens is 494 g/mol. The molecule has 7 nitrogen and oxygen atoms in total. The number of thiophene rings is 2. The minimum Gasteiger partial charge on any atom is -0.462 e. The van der Waals surface area contributed by atoms with Crippen molar-refractivity contribution >= 4 is 49.8 Å². The molecule has 0 spiro atoms. The number of nitrogens with one attached hydrogen (secondary N) is 1. The molecule has 0 saturated carbocycles. The molecule has 1 N–H and O–H groups in total. The summed E-state index contributed by atoms with van der Waals surface area (Å²) >= 11 is 2.63. The standard InChI is InChI=1S/C27H21N3O4S2/c1-2-34-27(33)23-20(18-11-7-4-8-12-18)15-36-25(23)29-21(31)13-30-16-28-24-22(26(30)32)19(14-35-24)17-9-5-3-6-10-17/h3-12,14-16H,2,13H2,1H3,(H,29,31). The second kappa shape index (κ2) is 10.3. The summed E-state index contributed by atoms with van der Waals surface area (Å²) in [6, 6.07) is 19.0. The Morgan fingerprint density at radius 1 is 0.944 bits per heavy atom. The van der Waals surface area contributed by atoms with Crippen molar-refractivity contribution in [3.05, 3.63) is 93.7 Å². The summed E-state index contributed by atoms with van der Waals surface area (Å²) in [5.74, 6) is -0.958. The molecule has 180 valence electrons. The van der Waals surface area contributed by atoms with E-state index in [-0.39, 0.29) is 18.7 Å². The van der Waals surface area contributed by atoms with Crippen molar-refractivity contribution in [2.45, 2.75) is 13.5 Å². The summed E-state index contributed by atoms with van der Waals surface area (Å²) < 4.78 is 6.54. The number of carbonyl (C=O) groups is 2. The molecule has 3 heterocycles. The van der Waals surface area contributed by atoms with Crippen molar-refractivity contribution in [2.24, 2.45) is 0 Å². The Bertz CT molecular complexity index is 1600. The van der Waals surface area contributed by atoms with Gasteiger partial charge in [0, 0.05) is 21.9 Å². The molecule has 1 amide bonds. The van der Waals surface area contributed by atoms with Gasteiger partial charge in [0.25, 0.3) is 5.56 Å². The van der Waals surface area contributed by atoms with Gasteiger partial charge in [0.15, 0.2) is 0 Å². The molecule has 9 heteroatoms. The van der Waals surface area contributed by atoms with Crippen molar-refractivity contribution in [1.82, 2.24) is 9.55 Å². The maximum absolute atomic E-state index is 13.3. The van der Waals surface area contributed by atoms with Crippen LogP contribution in [0.1, 0.15) is 17.3 Å². The van der Waals surface area contributed by atoms with E-state index >= 15 is 0 Å². The van der Waals surface area contributed by atoms with Crippen molar-refractivity contribution in [3.63, 3.8) is 0 Å². The lowest BCUT2D eigenvalue weighted by molar-refractivity contribution is -0.116. The molecule has 0 fully saturated rings. The summed E-state index contributed by atoms with van der Waals surface area (Å²) in [5.41, 5.74) is 3.23. The van der Waals surface area contributed by atoms with E-state index in [1.54, 1.807) is 6.92 Å². The molecule has 2 aromatic carbocycles. The van der Waals surface area contributed by atoms with Gasteiger partial charge in [-0.1, -0.05) is 60.7 Å². The number of anilines is 1. The van der Waals surface area contributed by atoms with Gasteiger partial charge < -0.3 is 10.1 Å². The van der Waals surface area contributed by atoms with Gasteiger partial charge in [-0.2, -0.15) is 0 Å². The average molecular weight is 516 g/mol. The Morgan fingerprint density at radius 3 is 2.25 bits per heavy atom. The fourth-order valence-corrected chi connectivity index (χ4v) is 5.80. The van der Waals surface area contributed by atoms with Gasteiger partial charge in [-0.05, 0) is 18.1 Å². The summed E-state index contributed by atoms with van der Waals surface area (Å²) in [6.07, 6.45) is 1.38. The Labute approximate surface area is 214 Å². The number of ether oxygens (including phenoxy) is 1. The molecule has 0 aliphatic heterocycles. The van der Waals surface area contributed by atoms with Gasteiger partial charge in [-0.3, -0.25) is 14.2 Å². The highest BCUT2D eigenvalue weighted by Gasteiger charge is 2.23. The molecule has 3 aromatic heterocycles. The normalized spacial score (nSPS) is 10.9. The third-order valence-corrected chi connectivity index (χ3v) is 7.35. The first-order valence-corrected chi connectivity index (χ1v) is 13.0. The highest BCUT2D eigenvalue weighted by atomic mass is 32.1. The SMILES string of the molecule is CCOC(=O)c1c(-c2ccccc2)csc1NC(=O)Cn1cnc2scc(-c3ccccc3)c2c1=O. The molecule has 0 bridgehead atoms. The van der Waals surface area contributed by atoms with Gasteiger partial charge in [-0.15, -0.1) is 22.7 Å². The van der Waals surface area contributed by atoms with Crippen LogP contribution in [0.15, 0.2) is 82.5 Å². The molecule has 0 atom stereocenters. The van der Waals surface area contributed by atoms with Gasteiger partial charge >= 0.3 is 5.97 Å². The number of amides is 1. The lowest BCUT2D eigenvalue weighted by atomic mass is 10.0. The van der Waals surface area contributed by atoms with E-state index < -0.39 is 11.9 Å². The highest BCUT2D eigenvalue weighted by molar-refractivity contribution is 7.17. The van der Waals surface area contributed by atoms with Crippen LogP contribution in [0.3, 0.4) is 0 Å².